The van der Waals surface area contributed by atoms with Gasteiger partial charge in [0, 0.05) is 29.0 Å². The third-order valence-corrected chi connectivity index (χ3v) is 3.84. The van der Waals surface area contributed by atoms with Crippen molar-refractivity contribution in [3.05, 3.63) is 59.1 Å². The number of rotatable bonds is 7. The molecule has 0 aliphatic rings. The molecule has 0 atom stereocenters. The average Bonchev–Trinajstić information content (AvgIpc) is 2.62. The molecule has 2 rings (SSSR count). The summed E-state index contributed by atoms with van der Waals surface area (Å²) in [7, 11) is 3.21. The first-order chi connectivity index (χ1) is 12.9. The smallest absolute Gasteiger partial charge is 0.251 e. The Morgan fingerprint density at radius 1 is 0.926 bits per heavy atom. The lowest BCUT2D eigenvalue weighted by molar-refractivity contribution is -0.119. The largest absolute Gasteiger partial charge is 0.355 e. The van der Waals surface area contributed by atoms with Gasteiger partial charge in [0.1, 0.15) is 0 Å². The van der Waals surface area contributed by atoms with E-state index in [1.807, 2.05) is 0 Å². The van der Waals surface area contributed by atoms with Crippen molar-refractivity contribution in [2.24, 2.45) is 0 Å². The number of hydrogen-bond donors (Lipinski definition) is 3. The fourth-order valence-electron chi connectivity index (χ4n) is 2.36. The molecule has 27 heavy (non-hydrogen) atoms. The summed E-state index contributed by atoms with van der Waals surface area (Å²) < 4.78 is 0. The van der Waals surface area contributed by atoms with E-state index in [2.05, 4.69) is 16.0 Å². The topological polar surface area (TPSA) is 90.5 Å². The van der Waals surface area contributed by atoms with E-state index in [1.165, 1.54) is 7.05 Å². The molecule has 0 fully saturated rings. The molecule has 0 heterocycles. The Kier molecular flexibility index (Phi) is 7.34. The minimum atomic E-state index is -0.286. The van der Waals surface area contributed by atoms with E-state index in [-0.39, 0.29) is 30.8 Å². The predicted molar refractivity (Wildman–Crippen MR) is 106 cm³/mol. The standard InChI is InChI=1S/C19H21ClN4O3/c1-21-19(27)13-4-3-5-16(10-13)23-18(26)12-24(2)11-17(25)22-15-8-6-14(20)7-9-15/h3-10H,11-12H2,1-2H3,(H,21,27)(H,22,25)(H,23,26). The van der Waals surface area contributed by atoms with Gasteiger partial charge in [0.2, 0.25) is 11.8 Å². The number of likely N-dealkylation sites (N-methyl/N-ethyl adjacent to an activating group) is 1. The van der Waals surface area contributed by atoms with Gasteiger partial charge in [0.15, 0.2) is 0 Å². The van der Waals surface area contributed by atoms with Crippen molar-refractivity contribution in [3.63, 3.8) is 0 Å². The minimum absolute atomic E-state index is 0.0260. The van der Waals surface area contributed by atoms with Gasteiger partial charge in [-0.1, -0.05) is 17.7 Å². The van der Waals surface area contributed by atoms with Gasteiger partial charge in [-0.2, -0.15) is 0 Å². The van der Waals surface area contributed by atoms with Crippen molar-refractivity contribution in [2.75, 3.05) is 37.8 Å². The Morgan fingerprint density at radius 2 is 1.52 bits per heavy atom. The first-order valence-corrected chi connectivity index (χ1v) is 8.61. The number of halogens is 1. The molecule has 0 aliphatic heterocycles. The van der Waals surface area contributed by atoms with Crippen LogP contribution in [0.3, 0.4) is 0 Å². The van der Waals surface area contributed by atoms with Gasteiger partial charge in [-0.05, 0) is 49.5 Å². The number of amides is 3. The van der Waals surface area contributed by atoms with Crippen LogP contribution in [0.15, 0.2) is 48.5 Å². The third-order valence-electron chi connectivity index (χ3n) is 3.59. The molecule has 2 aromatic rings. The van der Waals surface area contributed by atoms with Crippen molar-refractivity contribution >= 4 is 40.7 Å². The molecule has 8 heteroatoms. The molecule has 0 unspecified atom stereocenters. The zero-order valence-electron chi connectivity index (χ0n) is 15.1. The highest BCUT2D eigenvalue weighted by Gasteiger charge is 2.12. The molecule has 0 bridgehead atoms. The molecule has 0 spiro atoms. The fraction of sp³-hybridized carbons (Fsp3) is 0.211. The highest BCUT2D eigenvalue weighted by Crippen LogP contribution is 2.13. The van der Waals surface area contributed by atoms with Crippen molar-refractivity contribution in [1.82, 2.24) is 10.2 Å². The van der Waals surface area contributed by atoms with E-state index in [4.69, 9.17) is 11.6 Å². The van der Waals surface area contributed by atoms with Crippen LogP contribution >= 0.6 is 11.6 Å². The highest BCUT2D eigenvalue weighted by atomic mass is 35.5. The van der Waals surface area contributed by atoms with Crippen LogP contribution in [0.1, 0.15) is 10.4 Å². The Hall–Kier alpha value is -2.90. The monoisotopic (exact) mass is 388 g/mol. The van der Waals surface area contributed by atoms with E-state index in [0.29, 0.717) is 22.0 Å². The van der Waals surface area contributed by atoms with E-state index < -0.39 is 0 Å². The summed E-state index contributed by atoms with van der Waals surface area (Å²) in [5, 5.41) is 8.56. The summed E-state index contributed by atoms with van der Waals surface area (Å²) in [4.78, 5) is 37.4. The SMILES string of the molecule is CNC(=O)c1cccc(NC(=O)CN(C)CC(=O)Nc2ccc(Cl)cc2)c1. The Bertz CT molecular complexity index is 824. The normalized spacial score (nSPS) is 10.4. The average molecular weight is 389 g/mol. The van der Waals surface area contributed by atoms with E-state index in [1.54, 1.807) is 60.5 Å². The van der Waals surface area contributed by atoms with Gasteiger partial charge in [-0.3, -0.25) is 19.3 Å². The number of nitrogens with zero attached hydrogens (tertiary/aromatic N) is 1. The molecule has 0 saturated carbocycles. The Balaban J connectivity index is 1.83. The second-order valence-corrected chi connectivity index (χ2v) is 6.37. The van der Waals surface area contributed by atoms with Crippen molar-refractivity contribution in [1.29, 1.82) is 0 Å². The predicted octanol–water partition coefficient (Wildman–Crippen LogP) is 2.21. The number of nitrogens with one attached hydrogen (secondary N) is 3. The second-order valence-electron chi connectivity index (χ2n) is 5.94. The molecule has 3 amide bonds. The van der Waals surface area contributed by atoms with Crippen molar-refractivity contribution < 1.29 is 14.4 Å². The first kappa shape index (κ1) is 20.4. The van der Waals surface area contributed by atoms with Crippen LogP contribution in [-0.2, 0) is 9.59 Å². The fourth-order valence-corrected chi connectivity index (χ4v) is 2.49. The highest BCUT2D eigenvalue weighted by molar-refractivity contribution is 6.30. The zero-order chi connectivity index (χ0) is 19.8. The van der Waals surface area contributed by atoms with Gasteiger partial charge in [-0.25, -0.2) is 0 Å². The maximum Gasteiger partial charge on any atom is 0.251 e. The summed E-state index contributed by atoms with van der Waals surface area (Å²) >= 11 is 5.80. The lowest BCUT2D eigenvalue weighted by Gasteiger charge is -2.16. The molecular formula is C19H21ClN4O3. The third kappa shape index (κ3) is 6.73. The van der Waals surface area contributed by atoms with E-state index in [9.17, 15) is 14.4 Å². The lowest BCUT2D eigenvalue weighted by Crippen LogP contribution is -2.36. The summed E-state index contributed by atoms with van der Waals surface area (Å²) in [5.41, 5.74) is 1.60. The second kappa shape index (κ2) is 9.70. The van der Waals surface area contributed by atoms with Crippen molar-refractivity contribution in [3.8, 4) is 0 Å². The van der Waals surface area contributed by atoms with Crippen LogP contribution in [0.2, 0.25) is 5.02 Å². The minimum Gasteiger partial charge on any atom is -0.355 e. The van der Waals surface area contributed by atoms with Crippen LogP contribution in [0.25, 0.3) is 0 Å². The van der Waals surface area contributed by atoms with Crippen molar-refractivity contribution in [2.45, 2.75) is 0 Å². The number of anilines is 2. The molecule has 0 radical (unpaired) electrons. The van der Waals surface area contributed by atoms with Crippen LogP contribution in [0.4, 0.5) is 11.4 Å². The Labute approximate surface area is 162 Å². The molecule has 0 aromatic heterocycles. The molecule has 3 N–H and O–H groups in total. The number of carbonyl (C=O) groups is 3. The van der Waals surface area contributed by atoms with Gasteiger partial charge in [0.05, 0.1) is 13.1 Å². The summed E-state index contributed by atoms with van der Waals surface area (Å²) in [6.07, 6.45) is 0. The van der Waals surface area contributed by atoms with Crippen LogP contribution in [-0.4, -0.2) is 49.8 Å². The van der Waals surface area contributed by atoms with Gasteiger partial charge >= 0.3 is 0 Å². The van der Waals surface area contributed by atoms with E-state index in [0.717, 1.165) is 0 Å². The summed E-state index contributed by atoms with van der Waals surface area (Å²) in [5.74, 6) is -0.762. The quantitative estimate of drug-likeness (QED) is 0.678. The Morgan fingerprint density at radius 3 is 2.11 bits per heavy atom. The van der Waals surface area contributed by atoms with Crippen LogP contribution in [0.5, 0.6) is 0 Å². The van der Waals surface area contributed by atoms with Crippen LogP contribution < -0.4 is 16.0 Å². The zero-order valence-corrected chi connectivity index (χ0v) is 15.8. The van der Waals surface area contributed by atoms with Gasteiger partial charge < -0.3 is 16.0 Å². The van der Waals surface area contributed by atoms with Crippen LogP contribution in [0, 0.1) is 0 Å². The maximum absolute atomic E-state index is 12.2. The van der Waals surface area contributed by atoms with E-state index >= 15 is 0 Å². The molecule has 7 nitrogen and oxygen atoms in total. The number of carbonyl (C=O) groups excluding carboxylic acids is 3. The molecule has 0 saturated heterocycles. The molecule has 2 aromatic carbocycles. The number of benzene rings is 2. The molecule has 142 valence electrons. The molecule has 0 aliphatic carbocycles. The maximum atomic E-state index is 12.2. The summed E-state index contributed by atoms with van der Waals surface area (Å²) in [6.45, 7) is 0.0760. The number of hydrogen-bond acceptors (Lipinski definition) is 4. The van der Waals surface area contributed by atoms with Gasteiger partial charge in [0.25, 0.3) is 5.91 Å². The molecular weight excluding hydrogens is 368 g/mol. The summed E-state index contributed by atoms with van der Waals surface area (Å²) in [6, 6.07) is 13.4. The lowest BCUT2D eigenvalue weighted by atomic mass is 10.2. The van der Waals surface area contributed by atoms with Gasteiger partial charge in [-0.15, -0.1) is 0 Å². The first-order valence-electron chi connectivity index (χ1n) is 8.23.